The number of aromatic nitrogens is 4. The first kappa shape index (κ1) is 16.9. The molecule has 6 nitrogen and oxygen atoms in total. The summed E-state index contributed by atoms with van der Waals surface area (Å²) < 4.78 is 7.75. The molecule has 2 aromatic rings. The van der Waals surface area contributed by atoms with Crippen LogP contribution in [0.1, 0.15) is 40.0 Å². The third-order valence-electron chi connectivity index (χ3n) is 5.58. The van der Waals surface area contributed by atoms with Crippen LogP contribution in [0.5, 0.6) is 0 Å². The van der Waals surface area contributed by atoms with E-state index in [0.717, 1.165) is 37.6 Å². The van der Waals surface area contributed by atoms with Gasteiger partial charge in [-0.05, 0) is 32.3 Å². The third-order valence-corrected chi connectivity index (χ3v) is 5.58. The fraction of sp³-hybridized carbons (Fsp3) is 0.611. The zero-order valence-electron chi connectivity index (χ0n) is 15.0. The Morgan fingerprint density at radius 2 is 2.08 bits per heavy atom. The second-order valence-electron chi connectivity index (χ2n) is 6.41. The van der Waals surface area contributed by atoms with Gasteiger partial charge in [-0.25, -0.2) is 9.67 Å². The Morgan fingerprint density at radius 1 is 1.29 bits per heavy atom. The highest BCUT2D eigenvalue weighted by molar-refractivity contribution is 5.38. The zero-order valence-corrected chi connectivity index (χ0v) is 15.0. The van der Waals surface area contributed by atoms with Crippen LogP contribution in [0.4, 0.5) is 5.95 Å². The lowest BCUT2D eigenvalue weighted by atomic mass is 9.58. The molecule has 6 heteroatoms. The van der Waals surface area contributed by atoms with Gasteiger partial charge in [0.2, 0.25) is 5.95 Å². The molecule has 130 valence electrons. The average molecular weight is 329 g/mol. The molecule has 0 saturated heterocycles. The van der Waals surface area contributed by atoms with E-state index in [-0.39, 0.29) is 5.41 Å². The number of rotatable bonds is 7. The van der Waals surface area contributed by atoms with Gasteiger partial charge in [0.1, 0.15) is 0 Å². The maximum absolute atomic E-state index is 5.99. The molecule has 0 bridgehead atoms. The van der Waals surface area contributed by atoms with Gasteiger partial charge in [0, 0.05) is 49.8 Å². The van der Waals surface area contributed by atoms with Gasteiger partial charge in [-0.3, -0.25) is 0 Å². The zero-order chi connectivity index (χ0) is 17.2. The summed E-state index contributed by atoms with van der Waals surface area (Å²) in [4.78, 5) is 11.4. The summed E-state index contributed by atoms with van der Waals surface area (Å²) in [5.74, 6) is 1.53. The van der Waals surface area contributed by atoms with Crippen LogP contribution < -0.4 is 4.90 Å². The Morgan fingerprint density at radius 3 is 2.71 bits per heavy atom. The summed E-state index contributed by atoms with van der Waals surface area (Å²) in [6.07, 6.45) is 9.01. The van der Waals surface area contributed by atoms with E-state index in [0.29, 0.717) is 12.1 Å². The van der Waals surface area contributed by atoms with E-state index >= 15 is 0 Å². The Labute approximate surface area is 143 Å². The van der Waals surface area contributed by atoms with Crippen LogP contribution in [0.15, 0.2) is 30.7 Å². The molecule has 0 aliphatic heterocycles. The molecule has 0 radical (unpaired) electrons. The lowest BCUT2D eigenvalue weighted by Gasteiger charge is -2.58. The number of ether oxygens (including phenoxy) is 1. The van der Waals surface area contributed by atoms with Crippen molar-refractivity contribution in [1.82, 2.24) is 19.7 Å². The Bertz CT molecular complexity index is 653. The molecule has 0 N–H and O–H groups in total. The van der Waals surface area contributed by atoms with Crippen molar-refractivity contribution in [3.63, 3.8) is 0 Å². The van der Waals surface area contributed by atoms with Crippen LogP contribution in [0.2, 0.25) is 0 Å². The van der Waals surface area contributed by atoms with Crippen LogP contribution in [0, 0.1) is 5.41 Å². The molecule has 3 rings (SSSR count). The van der Waals surface area contributed by atoms with Crippen molar-refractivity contribution in [2.75, 3.05) is 18.6 Å². The Hall–Kier alpha value is -1.95. The summed E-state index contributed by atoms with van der Waals surface area (Å²) in [5, 5.41) is 4.25. The number of anilines is 1. The second-order valence-corrected chi connectivity index (χ2v) is 6.41. The molecule has 1 saturated carbocycles. The minimum absolute atomic E-state index is 0.176. The van der Waals surface area contributed by atoms with Crippen LogP contribution in [0.25, 0.3) is 5.82 Å². The standard InChI is InChI=1S/C18H27N5O/c1-5-18(6-2)14(13-15(18)24-7-3)22(4)17-19-11-9-16(21-17)23-12-8-10-20-23/h8-12,14-15H,5-7,13H2,1-4H3/t14-,15-/m0/s1. The highest BCUT2D eigenvalue weighted by Crippen LogP contribution is 2.51. The van der Waals surface area contributed by atoms with Crippen LogP contribution in [-0.2, 0) is 4.74 Å². The van der Waals surface area contributed by atoms with E-state index in [1.807, 2.05) is 18.3 Å². The fourth-order valence-corrected chi connectivity index (χ4v) is 4.06. The van der Waals surface area contributed by atoms with Gasteiger partial charge in [0.05, 0.1) is 6.10 Å². The van der Waals surface area contributed by atoms with Gasteiger partial charge in [-0.15, -0.1) is 0 Å². The number of hydrogen-bond acceptors (Lipinski definition) is 5. The van der Waals surface area contributed by atoms with Crippen molar-refractivity contribution in [3.8, 4) is 5.82 Å². The lowest BCUT2D eigenvalue weighted by molar-refractivity contribution is -0.128. The molecule has 0 unspecified atom stereocenters. The monoisotopic (exact) mass is 329 g/mol. The van der Waals surface area contributed by atoms with Crippen LogP contribution in [-0.4, -0.2) is 45.5 Å². The largest absolute Gasteiger partial charge is 0.378 e. The van der Waals surface area contributed by atoms with Crippen molar-refractivity contribution in [1.29, 1.82) is 0 Å². The Balaban J connectivity index is 1.84. The van der Waals surface area contributed by atoms with Crippen molar-refractivity contribution in [2.24, 2.45) is 5.41 Å². The SMILES string of the molecule is CCO[C@H]1C[C@H](N(C)c2nccc(-n3cccn3)n2)C1(CC)CC. The van der Waals surface area contributed by atoms with Gasteiger partial charge in [-0.1, -0.05) is 13.8 Å². The van der Waals surface area contributed by atoms with E-state index in [1.165, 1.54) is 0 Å². The molecule has 0 spiro atoms. The highest BCUT2D eigenvalue weighted by Gasteiger charge is 2.55. The molecular weight excluding hydrogens is 302 g/mol. The van der Waals surface area contributed by atoms with Gasteiger partial charge >= 0.3 is 0 Å². The van der Waals surface area contributed by atoms with E-state index in [9.17, 15) is 0 Å². The summed E-state index contributed by atoms with van der Waals surface area (Å²) in [7, 11) is 2.09. The lowest BCUT2D eigenvalue weighted by Crippen LogP contribution is -2.64. The quantitative estimate of drug-likeness (QED) is 0.781. The van der Waals surface area contributed by atoms with E-state index < -0.39 is 0 Å². The van der Waals surface area contributed by atoms with Crippen LogP contribution >= 0.6 is 0 Å². The molecule has 1 fully saturated rings. The van der Waals surface area contributed by atoms with E-state index in [4.69, 9.17) is 9.72 Å². The van der Waals surface area contributed by atoms with Gasteiger partial charge in [0.25, 0.3) is 0 Å². The predicted octanol–water partition coefficient (Wildman–Crippen LogP) is 3.08. The summed E-state index contributed by atoms with van der Waals surface area (Å²) in [5.41, 5.74) is 0.176. The van der Waals surface area contributed by atoms with Gasteiger partial charge in [-0.2, -0.15) is 10.1 Å². The van der Waals surface area contributed by atoms with Gasteiger partial charge in [0.15, 0.2) is 5.82 Å². The maximum atomic E-state index is 5.99. The summed E-state index contributed by atoms with van der Waals surface area (Å²) in [6.45, 7) is 7.37. The number of nitrogens with zero attached hydrogens (tertiary/aromatic N) is 5. The first-order chi connectivity index (χ1) is 11.7. The molecule has 1 aliphatic carbocycles. The van der Waals surface area contributed by atoms with Gasteiger partial charge < -0.3 is 9.64 Å². The maximum Gasteiger partial charge on any atom is 0.227 e. The minimum Gasteiger partial charge on any atom is -0.378 e. The van der Waals surface area contributed by atoms with Crippen LogP contribution in [0.3, 0.4) is 0 Å². The molecule has 0 aromatic carbocycles. The first-order valence-corrected chi connectivity index (χ1v) is 8.83. The Kier molecular flexibility index (Phi) is 4.85. The third kappa shape index (κ3) is 2.69. The predicted molar refractivity (Wildman–Crippen MR) is 94.4 cm³/mol. The molecule has 24 heavy (non-hydrogen) atoms. The summed E-state index contributed by atoms with van der Waals surface area (Å²) >= 11 is 0. The van der Waals surface area contributed by atoms with Crippen molar-refractivity contribution < 1.29 is 4.74 Å². The van der Waals surface area contributed by atoms with E-state index in [2.05, 4.69) is 42.8 Å². The first-order valence-electron chi connectivity index (χ1n) is 8.83. The molecule has 1 aliphatic rings. The smallest absolute Gasteiger partial charge is 0.227 e. The van der Waals surface area contributed by atoms with Crippen molar-refractivity contribution in [2.45, 2.75) is 52.2 Å². The van der Waals surface area contributed by atoms with Crippen molar-refractivity contribution >= 4 is 5.95 Å². The highest BCUT2D eigenvalue weighted by atomic mass is 16.5. The molecule has 2 heterocycles. The summed E-state index contributed by atoms with van der Waals surface area (Å²) in [6, 6.07) is 4.17. The molecular formula is C18H27N5O. The topological polar surface area (TPSA) is 56.1 Å². The average Bonchev–Trinajstić information content (AvgIpc) is 3.14. The minimum atomic E-state index is 0.176. The normalized spacial score (nSPS) is 22.2. The fourth-order valence-electron chi connectivity index (χ4n) is 4.06. The van der Waals surface area contributed by atoms with Crippen molar-refractivity contribution in [3.05, 3.63) is 30.7 Å². The molecule has 2 aromatic heterocycles. The molecule has 0 amide bonds. The number of hydrogen-bond donors (Lipinski definition) is 0. The second kappa shape index (κ2) is 6.89. The molecule has 2 atom stereocenters. The van der Waals surface area contributed by atoms with E-state index in [1.54, 1.807) is 17.1 Å².